The minimum absolute atomic E-state index is 0.0806. The summed E-state index contributed by atoms with van der Waals surface area (Å²) in [5.41, 5.74) is 9.95. The van der Waals surface area contributed by atoms with E-state index >= 15 is 0 Å². The molecule has 3 nitrogen and oxygen atoms in total. The Morgan fingerprint density at radius 1 is 0.964 bits per heavy atom. The lowest BCUT2D eigenvalue weighted by atomic mass is 9.84. The molecule has 0 aliphatic carbocycles. The fourth-order valence-corrected chi connectivity index (χ4v) is 3.53. The fraction of sp³-hybridized carbons (Fsp3) is 0.320. The van der Waals surface area contributed by atoms with E-state index in [2.05, 4.69) is 50.7 Å². The van der Waals surface area contributed by atoms with Gasteiger partial charge >= 0.3 is 0 Å². The molecule has 3 aromatic rings. The molecule has 0 saturated heterocycles. The van der Waals surface area contributed by atoms with Crippen molar-refractivity contribution in [2.75, 3.05) is 0 Å². The Balaban J connectivity index is 2.11. The summed E-state index contributed by atoms with van der Waals surface area (Å²) in [6, 6.07) is 10.6. The van der Waals surface area contributed by atoms with Gasteiger partial charge in [-0.05, 0) is 67.5 Å². The maximum atomic E-state index is 7.45. The monoisotopic (exact) mass is 369 g/mol. The van der Waals surface area contributed by atoms with E-state index in [4.69, 9.17) is 16.5 Å². The summed E-state index contributed by atoms with van der Waals surface area (Å²) in [4.78, 5) is 13.3. The van der Waals surface area contributed by atoms with Crippen molar-refractivity contribution in [2.45, 2.75) is 53.9 Å². The second-order valence-corrected chi connectivity index (χ2v) is 8.54. The standard InChI is InChI=1S/C25H27N3/c1-15-11-19(13-20(12-15)25(5,6)7)24-18(4)28-22(14-27-24)21-10-9-16(2)23(26-8)17(21)3/h9-14H,1-7H3. The molecule has 0 spiro atoms. The summed E-state index contributed by atoms with van der Waals surface area (Å²) in [6.07, 6.45) is 1.83. The summed E-state index contributed by atoms with van der Waals surface area (Å²) < 4.78 is 0. The predicted octanol–water partition coefficient (Wildman–Crippen LogP) is 6.89. The van der Waals surface area contributed by atoms with Crippen LogP contribution >= 0.6 is 0 Å². The molecule has 0 fully saturated rings. The van der Waals surface area contributed by atoms with E-state index in [0.29, 0.717) is 5.69 Å². The molecule has 142 valence electrons. The highest BCUT2D eigenvalue weighted by atomic mass is 14.8. The average molecular weight is 370 g/mol. The summed E-state index contributed by atoms with van der Waals surface area (Å²) in [7, 11) is 0. The van der Waals surface area contributed by atoms with E-state index in [1.165, 1.54) is 11.1 Å². The first kappa shape index (κ1) is 19.8. The minimum Gasteiger partial charge on any atom is -0.252 e. The number of aryl methyl sites for hydroxylation is 3. The molecule has 1 aromatic heterocycles. The van der Waals surface area contributed by atoms with Crippen molar-refractivity contribution in [3.8, 4) is 22.5 Å². The normalized spacial score (nSPS) is 11.4. The zero-order valence-corrected chi connectivity index (χ0v) is 17.8. The van der Waals surface area contributed by atoms with E-state index in [0.717, 1.165) is 39.3 Å². The molecule has 3 rings (SSSR count). The molecule has 1 heterocycles. The summed E-state index contributed by atoms with van der Waals surface area (Å²) in [5, 5.41) is 0. The van der Waals surface area contributed by atoms with Gasteiger partial charge < -0.3 is 0 Å². The number of hydrogen-bond acceptors (Lipinski definition) is 2. The molecular formula is C25H27N3. The number of rotatable bonds is 2. The smallest absolute Gasteiger partial charge is 0.193 e. The van der Waals surface area contributed by atoms with E-state index in [9.17, 15) is 0 Å². The van der Waals surface area contributed by atoms with Crippen LogP contribution in [0.5, 0.6) is 0 Å². The molecule has 0 aliphatic heterocycles. The summed E-state index contributed by atoms with van der Waals surface area (Å²) in [6.45, 7) is 22.2. The topological polar surface area (TPSA) is 30.1 Å². The van der Waals surface area contributed by atoms with Gasteiger partial charge in [-0.2, -0.15) is 0 Å². The van der Waals surface area contributed by atoms with Crippen molar-refractivity contribution in [1.82, 2.24) is 9.97 Å². The van der Waals surface area contributed by atoms with Crippen LogP contribution in [-0.4, -0.2) is 9.97 Å². The highest BCUT2D eigenvalue weighted by Crippen LogP contribution is 2.34. The Morgan fingerprint density at radius 3 is 2.29 bits per heavy atom. The first-order valence-electron chi connectivity index (χ1n) is 9.56. The Bertz CT molecular complexity index is 1100. The highest BCUT2D eigenvalue weighted by Gasteiger charge is 2.17. The minimum atomic E-state index is 0.0806. The van der Waals surface area contributed by atoms with Crippen molar-refractivity contribution in [2.24, 2.45) is 0 Å². The van der Waals surface area contributed by atoms with E-state index in [-0.39, 0.29) is 5.41 Å². The zero-order chi connectivity index (χ0) is 20.6. The Labute approximate surface area is 168 Å². The lowest BCUT2D eigenvalue weighted by Gasteiger charge is -2.21. The fourth-order valence-electron chi connectivity index (χ4n) is 3.53. The van der Waals surface area contributed by atoms with Crippen LogP contribution in [0.15, 0.2) is 36.5 Å². The Morgan fingerprint density at radius 2 is 1.68 bits per heavy atom. The van der Waals surface area contributed by atoms with Crippen molar-refractivity contribution >= 4 is 5.69 Å². The van der Waals surface area contributed by atoms with Crippen molar-refractivity contribution in [3.63, 3.8) is 0 Å². The maximum Gasteiger partial charge on any atom is 0.193 e. The third kappa shape index (κ3) is 3.68. The van der Waals surface area contributed by atoms with Gasteiger partial charge in [-0.15, -0.1) is 0 Å². The third-order valence-corrected chi connectivity index (χ3v) is 5.18. The molecule has 0 aliphatic rings. The van der Waals surface area contributed by atoms with Crippen LogP contribution in [-0.2, 0) is 5.41 Å². The molecular weight excluding hydrogens is 342 g/mol. The second kappa shape index (κ2) is 7.20. The molecule has 28 heavy (non-hydrogen) atoms. The highest BCUT2D eigenvalue weighted by molar-refractivity contribution is 5.75. The molecule has 0 unspecified atom stereocenters. The predicted molar refractivity (Wildman–Crippen MR) is 117 cm³/mol. The zero-order valence-electron chi connectivity index (χ0n) is 17.8. The van der Waals surface area contributed by atoms with Crippen LogP contribution in [0.4, 0.5) is 5.69 Å². The molecule has 0 radical (unpaired) electrons. The first-order valence-corrected chi connectivity index (χ1v) is 9.56. The molecule has 0 bridgehead atoms. The van der Waals surface area contributed by atoms with E-state index in [1.54, 1.807) is 0 Å². The molecule has 0 saturated carbocycles. The van der Waals surface area contributed by atoms with Gasteiger partial charge in [0, 0.05) is 5.56 Å². The van der Waals surface area contributed by atoms with Gasteiger partial charge in [-0.1, -0.05) is 44.5 Å². The molecule has 2 aromatic carbocycles. The Kier molecular flexibility index (Phi) is 5.08. The van der Waals surface area contributed by atoms with Crippen LogP contribution < -0.4 is 0 Å². The Hall–Kier alpha value is -2.99. The first-order chi connectivity index (χ1) is 13.1. The largest absolute Gasteiger partial charge is 0.252 e. The summed E-state index contributed by atoms with van der Waals surface area (Å²) in [5.74, 6) is 0. The number of hydrogen-bond donors (Lipinski definition) is 0. The summed E-state index contributed by atoms with van der Waals surface area (Å²) >= 11 is 0. The van der Waals surface area contributed by atoms with Crippen LogP contribution in [0.1, 0.15) is 48.7 Å². The van der Waals surface area contributed by atoms with Crippen molar-refractivity contribution < 1.29 is 0 Å². The lowest BCUT2D eigenvalue weighted by molar-refractivity contribution is 0.590. The quantitative estimate of drug-likeness (QED) is 0.460. The molecule has 0 atom stereocenters. The van der Waals surface area contributed by atoms with Gasteiger partial charge in [-0.25, -0.2) is 9.83 Å². The van der Waals surface area contributed by atoms with Crippen LogP contribution in [0.3, 0.4) is 0 Å². The average Bonchev–Trinajstić information content (AvgIpc) is 2.61. The van der Waals surface area contributed by atoms with Gasteiger partial charge in [0.2, 0.25) is 0 Å². The van der Waals surface area contributed by atoms with Crippen molar-refractivity contribution in [3.05, 3.63) is 75.9 Å². The lowest BCUT2D eigenvalue weighted by Crippen LogP contribution is -2.11. The van der Waals surface area contributed by atoms with Gasteiger partial charge in [0.15, 0.2) is 5.69 Å². The molecule has 0 amide bonds. The number of aromatic nitrogens is 2. The van der Waals surface area contributed by atoms with Gasteiger partial charge in [0.05, 0.1) is 29.9 Å². The number of nitrogens with zero attached hydrogens (tertiary/aromatic N) is 3. The third-order valence-electron chi connectivity index (χ3n) is 5.18. The molecule has 3 heteroatoms. The SMILES string of the molecule is [C-]#[N+]c1c(C)ccc(-c2cnc(-c3cc(C)cc(C(C)(C)C)c3)c(C)n2)c1C. The van der Waals surface area contributed by atoms with Crippen molar-refractivity contribution in [1.29, 1.82) is 0 Å². The van der Waals surface area contributed by atoms with Gasteiger partial charge in [0.25, 0.3) is 0 Å². The molecule has 0 N–H and O–H groups in total. The second-order valence-electron chi connectivity index (χ2n) is 8.54. The van der Waals surface area contributed by atoms with E-state index in [1.807, 2.05) is 39.1 Å². The maximum absolute atomic E-state index is 7.45. The van der Waals surface area contributed by atoms with Gasteiger partial charge in [-0.3, -0.25) is 4.98 Å². The van der Waals surface area contributed by atoms with Crippen LogP contribution in [0, 0.1) is 34.3 Å². The van der Waals surface area contributed by atoms with Gasteiger partial charge in [0.1, 0.15) is 0 Å². The van der Waals surface area contributed by atoms with E-state index < -0.39 is 0 Å². The van der Waals surface area contributed by atoms with Crippen LogP contribution in [0.25, 0.3) is 27.4 Å². The number of benzene rings is 2. The van der Waals surface area contributed by atoms with Crippen LogP contribution in [0.2, 0.25) is 0 Å².